The number of para-hydroxylation sites is 2. The van der Waals surface area contributed by atoms with Crippen molar-refractivity contribution in [3.8, 4) is 5.69 Å². The first-order valence-electron chi connectivity index (χ1n) is 9.99. The molecule has 0 atom stereocenters. The third-order valence-electron chi connectivity index (χ3n) is 4.92. The average molecular weight is 457 g/mol. The highest BCUT2D eigenvalue weighted by Crippen LogP contribution is 2.27. The number of aryl methyl sites for hydroxylation is 1. The van der Waals surface area contributed by atoms with Crippen LogP contribution in [0, 0.1) is 5.92 Å². The highest BCUT2D eigenvalue weighted by molar-refractivity contribution is 7.98. The topological polar surface area (TPSA) is 95.6 Å². The molecule has 0 fully saturated rings. The maximum absolute atomic E-state index is 11.7. The van der Waals surface area contributed by atoms with Crippen LogP contribution in [-0.4, -0.2) is 44.4 Å². The Balaban J connectivity index is 1.58. The van der Waals surface area contributed by atoms with E-state index in [1.54, 1.807) is 40.7 Å². The fraction of sp³-hybridized carbons (Fsp3) is 0.333. The van der Waals surface area contributed by atoms with Gasteiger partial charge < -0.3 is 4.57 Å². The molecule has 0 unspecified atom stereocenters. The predicted octanol–water partition coefficient (Wildman–Crippen LogP) is 3.75. The summed E-state index contributed by atoms with van der Waals surface area (Å²) in [5, 5.41) is 13.0. The van der Waals surface area contributed by atoms with Crippen molar-refractivity contribution in [2.24, 2.45) is 5.92 Å². The van der Waals surface area contributed by atoms with Gasteiger partial charge in [-0.2, -0.15) is 4.68 Å². The first kappa shape index (κ1) is 21.5. The number of nitrogens with zero attached hydrogens (tertiary/aromatic N) is 6. The number of sulfone groups is 1. The fourth-order valence-electron chi connectivity index (χ4n) is 3.23. The van der Waals surface area contributed by atoms with Gasteiger partial charge >= 0.3 is 0 Å². The number of aromatic nitrogens is 6. The second-order valence-electron chi connectivity index (χ2n) is 7.78. The molecule has 0 N–H and O–H groups in total. The molecule has 0 saturated carbocycles. The Morgan fingerprint density at radius 1 is 1.06 bits per heavy atom. The summed E-state index contributed by atoms with van der Waals surface area (Å²) in [5.74, 6) is 1.80. The van der Waals surface area contributed by atoms with Crippen LogP contribution in [0.1, 0.15) is 26.1 Å². The number of fused-ring (bicyclic) bond motifs is 1. The maximum atomic E-state index is 11.7. The largest absolute Gasteiger partial charge is 0.319 e. The van der Waals surface area contributed by atoms with Gasteiger partial charge in [-0.05, 0) is 59.2 Å². The maximum Gasteiger partial charge on any atom is 0.175 e. The number of thioether (sulfide) groups is 1. The second-order valence-corrected chi connectivity index (χ2v) is 10.7. The molecule has 31 heavy (non-hydrogen) atoms. The first-order chi connectivity index (χ1) is 14.8. The zero-order chi connectivity index (χ0) is 22.0. The summed E-state index contributed by atoms with van der Waals surface area (Å²) in [7, 11) is -3.25. The summed E-state index contributed by atoms with van der Waals surface area (Å²) >= 11 is 1.59. The predicted molar refractivity (Wildman–Crippen MR) is 121 cm³/mol. The minimum Gasteiger partial charge on any atom is -0.319 e. The summed E-state index contributed by atoms with van der Waals surface area (Å²) in [6.45, 7) is 5.34. The van der Waals surface area contributed by atoms with E-state index in [0.29, 0.717) is 23.2 Å². The van der Waals surface area contributed by atoms with Gasteiger partial charge in [0.25, 0.3) is 0 Å². The number of imidazole rings is 1. The van der Waals surface area contributed by atoms with Crippen LogP contribution in [0.5, 0.6) is 0 Å². The van der Waals surface area contributed by atoms with Crippen LogP contribution in [0.15, 0.2) is 58.6 Å². The molecule has 0 spiro atoms. The van der Waals surface area contributed by atoms with Gasteiger partial charge in [0, 0.05) is 12.8 Å². The van der Waals surface area contributed by atoms with E-state index < -0.39 is 9.84 Å². The van der Waals surface area contributed by atoms with Crippen LogP contribution in [0.3, 0.4) is 0 Å². The first-order valence-corrected chi connectivity index (χ1v) is 12.9. The van der Waals surface area contributed by atoms with E-state index in [-0.39, 0.29) is 4.90 Å². The third kappa shape index (κ3) is 4.80. The summed E-state index contributed by atoms with van der Waals surface area (Å²) in [6.07, 6.45) is 2.25. The summed E-state index contributed by atoms with van der Waals surface area (Å²) in [4.78, 5) is 5.08. The van der Waals surface area contributed by atoms with Gasteiger partial charge in [-0.1, -0.05) is 37.7 Å². The van der Waals surface area contributed by atoms with Crippen LogP contribution in [0.25, 0.3) is 16.7 Å². The average Bonchev–Trinajstić information content (AvgIpc) is 3.34. The number of benzene rings is 2. The molecule has 0 radical (unpaired) electrons. The van der Waals surface area contributed by atoms with Gasteiger partial charge in [-0.3, -0.25) is 0 Å². The SMILES string of the molecule is CC(C)CCn1c(SCc2nnnn2-c2ccc(S(C)(=O)=O)cc2)nc2ccccc21. The van der Waals surface area contributed by atoms with Crippen molar-refractivity contribution < 1.29 is 8.42 Å². The Morgan fingerprint density at radius 2 is 1.81 bits per heavy atom. The Morgan fingerprint density at radius 3 is 2.52 bits per heavy atom. The van der Waals surface area contributed by atoms with Crippen LogP contribution in [0.2, 0.25) is 0 Å². The highest BCUT2D eigenvalue weighted by Gasteiger charge is 2.15. The van der Waals surface area contributed by atoms with Crippen molar-refractivity contribution >= 4 is 32.6 Å². The van der Waals surface area contributed by atoms with Gasteiger partial charge in [-0.25, -0.2) is 13.4 Å². The Kier molecular flexibility index (Phi) is 6.10. The van der Waals surface area contributed by atoms with Crippen LogP contribution in [-0.2, 0) is 22.1 Å². The van der Waals surface area contributed by atoms with E-state index in [9.17, 15) is 8.42 Å². The number of tetrazole rings is 1. The normalized spacial score (nSPS) is 12.1. The molecule has 0 aliphatic heterocycles. The van der Waals surface area contributed by atoms with Crippen molar-refractivity contribution in [2.45, 2.75) is 42.6 Å². The minimum absolute atomic E-state index is 0.263. The van der Waals surface area contributed by atoms with Crippen molar-refractivity contribution in [3.63, 3.8) is 0 Å². The zero-order valence-electron chi connectivity index (χ0n) is 17.6. The van der Waals surface area contributed by atoms with Gasteiger partial charge in [0.05, 0.1) is 27.4 Å². The molecular weight excluding hydrogens is 432 g/mol. The zero-order valence-corrected chi connectivity index (χ0v) is 19.3. The molecule has 0 saturated heterocycles. The summed E-state index contributed by atoms with van der Waals surface area (Å²) in [5.41, 5.74) is 2.81. The number of hydrogen-bond acceptors (Lipinski definition) is 7. The molecule has 0 amide bonds. The quantitative estimate of drug-likeness (QED) is 0.373. The molecule has 2 aromatic heterocycles. The minimum atomic E-state index is -3.25. The molecule has 0 bridgehead atoms. The van der Waals surface area contributed by atoms with Gasteiger partial charge in [-0.15, -0.1) is 5.10 Å². The summed E-state index contributed by atoms with van der Waals surface area (Å²) in [6, 6.07) is 14.7. The van der Waals surface area contributed by atoms with Crippen molar-refractivity contribution in [2.75, 3.05) is 6.26 Å². The molecule has 4 rings (SSSR count). The molecule has 10 heteroatoms. The van der Waals surface area contributed by atoms with Crippen molar-refractivity contribution in [3.05, 3.63) is 54.4 Å². The Labute approximate surface area is 185 Å². The van der Waals surface area contributed by atoms with E-state index in [0.717, 1.165) is 29.2 Å². The molecule has 4 aromatic rings. The lowest BCUT2D eigenvalue weighted by Gasteiger charge is -2.10. The molecule has 162 valence electrons. The molecular formula is C21H24N6O2S2. The van der Waals surface area contributed by atoms with Gasteiger partial charge in [0.2, 0.25) is 0 Å². The monoisotopic (exact) mass is 456 g/mol. The van der Waals surface area contributed by atoms with E-state index in [2.05, 4.69) is 40.0 Å². The standard InChI is InChI=1S/C21H24N6O2S2/c1-15(2)12-13-26-19-7-5-4-6-18(19)22-21(26)30-14-20-23-24-25-27(20)16-8-10-17(11-9-16)31(3,28)29/h4-11,15H,12-14H2,1-3H3. The molecule has 0 aliphatic rings. The van der Waals surface area contributed by atoms with Crippen molar-refractivity contribution in [1.82, 2.24) is 29.8 Å². The Bertz CT molecular complexity index is 1290. The van der Waals surface area contributed by atoms with Crippen molar-refractivity contribution in [1.29, 1.82) is 0 Å². The van der Waals surface area contributed by atoms with Gasteiger partial charge in [0.15, 0.2) is 20.8 Å². The Hall–Kier alpha value is -2.72. The van der Waals surface area contributed by atoms with Crippen LogP contribution < -0.4 is 0 Å². The van der Waals surface area contributed by atoms with E-state index >= 15 is 0 Å². The van der Waals surface area contributed by atoms with E-state index in [1.807, 2.05) is 18.2 Å². The molecule has 2 aromatic carbocycles. The molecule has 0 aliphatic carbocycles. The number of hydrogen-bond donors (Lipinski definition) is 0. The van der Waals surface area contributed by atoms with E-state index in [4.69, 9.17) is 4.98 Å². The highest BCUT2D eigenvalue weighted by atomic mass is 32.2. The number of rotatable bonds is 8. The van der Waals surface area contributed by atoms with Gasteiger partial charge in [0.1, 0.15) is 0 Å². The third-order valence-corrected chi connectivity index (χ3v) is 7.02. The molecule has 8 nitrogen and oxygen atoms in total. The fourth-order valence-corrected chi connectivity index (χ4v) is 4.80. The lowest BCUT2D eigenvalue weighted by molar-refractivity contribution is 0.503. The van der Waals surface area contributed by atoms with E-state index in [1.165, 1.54) is 6.26 Å². The lowest BCUT2D eigenvalue weighted by Crippen LogP contribution is -2.05. The van der Waals surface area contributed by atoms with Crippen LogP contribution >= 0.6 is 11.8 Å². The summed E-state index contributed by atoms with van der Waals surface area (Å²) < 4.78 is 27.3. The van der Waals surface area contributed by atoms with Crippen LogP contribution in [0.4, 0.5) is 0 Å². The molecule has 2 heterocycles. The smallest absolute Gasteiger partial charge is 0.175 e. The second kappa shape index (κ2) is 8.80. The lowest BCUT2D eigenvalue weighted by atomic mass is 10.1.